The monoisotopic (exact) mass is 270 g/mol. The first kappa shape index (κ1) is 14.6. The SMILES string of the molecule is CN(C)CCN(C)c1c(Cl)cc(N)cc1C(N)=O. The van der Waals surface area contributed by atoms with Crippen molar-refractivity contribution in [1.82, 2.24) is 4.90 Å². The minimum Gasteiger partial charge on any atom is -0.399 e. The Morgan fingerprint density at radius 3 is 2.39 bits per heavy atom. The third kappa shape index (κ3) is 3.51. The topological polar surface area (TPSA) is 75.6 Å². The van der Waals surface area contributed by atoms with Gasteiger partial charge >= 0.3 is 0 Å². The molecule has 0 saturated heterocycles. The highest BCUT2D eigenvalue weighted by Crippen LogP contribution is 2.31. The molecule has 5 nitrogen and oxygen atoms in total. The van der Waals surface area contributed by atoms with Crippen LogP contribution in [-0.4, -0.2) is 45.0 Å². The lowest BCUT2D eigenvalue weighted by Crippen LogP contribution is -2.30. The number of carbonyl (C=O) groups excluding carboxylic acids is 1. The minimum absolute atomic E-state index is 0.348. The van der Waals surface area contributed by atoms with Gasteiger partial charge in [0.25, 0.3) is 5.91 Å². The van der Waals surface area contributed by atoms with E-state index in [1.807, 2.05) is 30.9 Å². The molecule has 0 heterocycles. The third-order valence-corrected chi connectivity index (χ3v) is 2.90. The highest BCUT2D eigenvalue weighted by atomic mass is 35.5. The zero-order valence-electron chi connectivity index (χ0n) is 10.9. The van der Waals surface area contributed by atoms with Crippen LogP contribution in [0.5, 0.6) is 0 Å². The summed E-state index contributed by atoms with van der Waals surface area (Å²) >= 11 is 6.15. The predicted octanol–water partition coefficient (Wildman–Crippen LogP) is 1.02. The van der Waals surface area contributed by atoms with Crippen molar-refractivity contribution < 1.29 is 4.79 Å². The summed E-state index contributed by atoms with van der Waals surface area (Å²) in [5.41, 5.74) is 12.4. The van der Waals surface area contributed by atoms with Crippen molar-refractivity contribution in [3.8, 4) is 0 Å². The molecular formula is C12H19ClN4O. The van der Waals surface area contributed by atoms with E-state index in [0.29, 0.717) is 22.0 Å². The van der Waals surface area contributed by atoms with Gasteiger partial charge in [0.1, 0.15) is 0 Å². The molecule has 1 rings (SSSR count). The van der Waals surface area contributed by atoms with Gasteiger partial charge in [-0.05, 0) is 26.2 Å². The summed E-state index contributed by atoms with van der Waals surface area (Å²) in [4.78, 5) is 15.4. The molecule has 0 bridgehead atoms. The number of rotatable bonds is 5. The number of nitrogens with two attached hydrogens (primary N) is 2. The van der Waals surface area contributed by atoms with E-state index < -0.39 is 5.91 Å². The van der Waals surface area contributed by atoms with Crippen LogP contribution in [0.3, 0.4) is 0 Å². The van der Waals surface area contributed by atoms with E-state index in [4.69, 9.17) is 23.1 Å². The number of benzene rings is 1. The van der Waals surface area contributed by atoms with Crippen molar-refractivity contribution in [1.29, 1.82) is 0 Å². The van der Waals surface area contributed by atoms with Gasteiger partial charge in [-0.1, -0.05) is 11.6 Å². The van der Waals surface area contributed by atoms with Gasteiger partial charge in [-0.2, -0.15) is 0 Å². The maximum atomic E-state index is 11.4. The molecule has 4 N–H and O–H groups in total. The molecule has 0 spiro atoms. The number of nitrogen functional groups attached to an aromatic ring is 1. The van der Waals surface area contributed by atoms with E-state index >= 15 is 0 Å². The Kier molecular flexibility index (Phi) is 4.81. The summed E-state index contributed by atoms with van der Waals surface area (Å²) in [5.74, 6) is -0.532. The number of hydrogen-bond acceptors (Lipinski definition) is 4. The lowest BCUT2D eigenvalue weighted by atomic mass is 10.1. The molecule has 18 heavy (non-hydrogen) atoms. The van der Waals surface area contributed by atoms with Crippen LogP contribution in [0.2, 0.25) is 5.02 Å². The van der Waals surface area contributed by atoms with E-state index in [9.17, 15) is 4.79 Å². The van der Waals surface area contributed by atoms with Gasteiger partial charge in [0.15, 0.2) is 0 Å². The van der Waals surface area contributed by atoms with Crippen LogP contribution < -0.4 is 16.4 Å². The number of anilines is 2. The standard InChI is InChI=1S/C12H19ClN4O/c1-16(2)4-5-17(3)11-9(12(15)18)6-8(14)7-10(11)13/h6-7H,4-5,14H2,1-3H3,(H2,15,18). The molecule has 0 saturated carbocycles. The molecule has 0 atom stereocenters. The molecule has 6 heteroatoms. The molecule has 0 aliphatic rings. The predicted molar refractivity (Wildman–Crippen MR) is 76.2 cm³/mol. The molecule has 0 radical (unpaired) electrons. The van der Waals surface area contributed by atoms with Gasteiger partial charge in [-0.3, -0.25) is 4.79 Å². The zero-order valence-corrected chi connectivity index (χ0v) is 11.7. The van der Waals surface area contributed by atoms with Crippen LogP contribution in [0.1, 0.15) is 10.4 Å². The first-order valence-corrected chi connectivity index (χ1v) is 5.95. The van der Waals surface area contributed by atoms with Crippen LogP contribution in [0.25, 0.3) is 0 Å². The third-order valence-electron chi connectivity index (χ3n) is 2.62. The largest absolute Gasteiger partial charge is 0.399 e. The molecule has 0 aromatic heterocycles. The first-order chi connectivity index (χ1) is 8.32. The lowest BCUT2D eigenvalue weighted by Gasteiger charge is -2.24. The maximum Gasteiger partial charge on any atom is 0.250 e. The number of nitrogens with zero attached hydrogens (tertiary/aromatic N) is 2. The molecule has 0 aliphatic heterocycles. The highest BCUT2D eigenvalue weighted by molar-refractivity contribution is 6.34. The molecule has 1 aromatic rings. The van der Waals surface area contributed by atoms with E-state index in [1.54, 1.807) is 12.1 Å². The number of halogens is 1. The Balaban J connectivity index is 3.09. The number of likely N-dealkylation sites (N-methyl/N-ethyl adjacent to an activating group) is 2. The van der Waals surface area contributed by atoms with Crippen LogP contribution >= 0.6 is 11.6 Å². The fourth-order valence-corrected chi connectivity index (χ4v) is 2.03. The Morgan fingerprint density at radius 2 is 1.89 bits per heavy atom. The van der Waals surface area contributed by atoms with Gasteiger partial charge in [0.05, 0.1) is 16.3 Å². The number of primary amides is 1. The van der Waals surface area contributed by atoms with Gasteiger partial charge in [0, 0.05) is 25.8 Å². The molecule has 100 valence electrons. The Bertz CT molecular complexity index is 448. The fraction of sp³-hybridized carbons (Fsp3) is 0.417. The highest BCUT2D eigenvalue weighted by Gasteiger charge is 2.16. The smallest absolute Gasteiger partial charge is 0.250 e. The van der Waals surface area contributed by atoms with E-state index in [0.717, 1.165) is 13.1 Å². The second kappa shape index (κ2) is 5.93. The van der Waals surface area contributed by atoms with Crippen molar-refractivity contribution in [3.05, 3.63) is 22.7 Å². The van der Waals surface area contributed by atoms with Gasteiger partial charge in [-0.15, -0.1) is 0 Å². The van der Waals surface area contributed by atoms with E-state index in [-0.39, 0.29) is 0 Å². The van der Waals surface area contributed by atoms with Crippen LogP contribution in [0, 0.1) is 0 Å². The Hall–Kier alpha value is -1.46. The zero-order chi connectivity index (χ0) is 13.9. The number of carbonyl (C=O) groups is 1. The molecular weight excluding hydrogens is 252 g/mol. The van der Waals surface area contributed by atoms with Crippen molar-refractivity contribution in [2.24, 2.45) is 5.73 Å². The average Bonchev–Trinajstić information content (AvgIpc) is 2.24. The molecule has 0 aliphatic carbocycles. The van der Waals surface area contributed by atoms with Crippen molar-refractivity contribution >= 4 is 28.9 Å². The quantitative estimate of drug-likeness (QED) is 0.784. The minimum atomic E-state index is -0.532. The second-order valence-electron chi connectivity index (χ2n) is 4.49. The Labute approximate surface area is 112 Å². The number of amides is 1. The van der Waals surface area contributed by atoms with Crippen LogP contribution in [0.4, 0.5) is 11.4 Å². The summed E-state index contributed by atoms with van der Waals surface area (Å²) < 4.78 is 0. The van der Waals surface area contributed by atoms with Crippen molar-refractivity contribution in [3.63, 3.8) is 0 Å². The number of hydrogen-bond donors (Lipinski definition) is 2. The van der Waals surface area contributed by atoms with Gasteiger partial charge in [0.2, 0.25) is 0 Å². The van der Waals surface area contributed by atoms with Crippen molar-refractivity contribution in [2.45, 2.75) is 0 Å². The van der Waals surface area contributed by atoms with Crippen molar-refractivity contribution in [2.75, 3.05) is 44.9 Å². The molecule has 1 amide bonds. The summed E-state index contributed by atoms with van der Waals surface area (Å²) in [6.07, 6.45) is 0. The summed E-state index contributed by atoms with van der Waals surface area (Å²) in [5, 5.41) is 0.435. The lowest BCUT2D eigenvalue weighted by molar-refractivity contribution is 0.100. The molecule has 1 aromatic carbocycles. The first-order valence-electron chi connectivity index (χ1n) is 5.57. The van der Waals surface area contributed by atoms with Gasteiger partial charge in [-0.25, -0.2) is 0 Å². The van der Waals surface area contributed by atoms with Crippen LogP contribution in [-0.2, 0) is 0 Å². The second-order valence-corrected chi connectivity index (χ2v) is 4.90. The summed E-state index contributed by atoms with van der Waals surface area (Å²) in [6, 6.07) is 3.17. The molecule has 0 unspecified atom stereocenters. The Morgan fingerprint density at radius 1 is 1.28 bits per heavy atom. The van der Waals surface area contributed by atoms with Gasteiger partial charge < -0.3 is 21.3 Å². The normalized spacial score (nSPS) is 10.7. The van der Waals surface area contributed by atoms with E-state index in [1.165, 1.54) is 0 Å². The molecule has 0 fully saturated rings. The maximum absolute atomic E-state index is 11.4. The summed E-state index contributed by atoms with van der Waals surface area (Å²) in [6.45, 7) is 1.58. The fourth-order valence-electron chi connectivity index (χ4n) is 1.66. The van der Waals surface area contributed by atoms with Crippen LogP contribution in [0.15, 0.2) is 12.1 Å². The summed E-state index contributed by atoms with van der Waals surface area (Å²) in [7, 11) is 5.83. The average molecular weight is 271 g/mol. The van der Waals surface area contributed by atoms with E-state index in [2.05, 4.69) is 0 Å².